The van der Waals surface area contributed by atoms with Gasteiger partial charge < -0.3 is 15.5 Å². The Morgan fingerprint density at radius 2 is 2.00 bits per heavy atom. The lowest BCUT2D eigenvalue weighted by Gasteiger charge is -2.41. The summed E-state index contributed by atoms with van der Waals surface area (Å²) in [7, 11) is 0. The van der Waals surface area contributed by atoms with Crippen molar-refractivity contribution in [2.75, 3.05) is 0 Å². The van der Waals surface area contributed by atoms with Crippen molar-refractivity contribution < 1.29 is 4.74 Å². The monoisotopic (exact) mass is 360 g/mol. The topological polar surface area (TPSA) is 68.1 Å². The van der Waals surface area contributed by atoms with E-state index in [1.807, 2.05) is 12.1 Å². The Bertz CT molecular complexity index is 835. The van der Waals surface area contributed by atoms with Crippen LogP contribution in [0.1, 0.15) is 45.4 Å². The van der Waals surface area contributed by atoms with Crippen LogP contribution in [0.2, 0.25) is 5.02 Å². The second-order valence-electron chi connectivity index (χ2n) is 8.01. The van der Waals surface area contributed by atoms with Gasteiger partial charge >= 0.3 is 0 Å². The number of rotatable bonds is 4. The second-order valence-corrected chi connectivity index (χ2v) is 8.42. The fourth-order valence-corrected chi connectivity index (χ4v) is 4.39. The number of pyridine rings is 1. The van der Waals surface area contributed by atoms with Crippen molar-refractivity contribution in [3.63, 3.8) is 0 Å². The van der Waals surface area contributed by atoms with Crippen molar-refractivity contribution >= 4 is 22.4 Å². The SMILES string of the molecule is CC1(C(N)C2CC2)CCC(Oc2cc3cc[nH]c(=O)c3cc2Cl)CC1. The molecule has 0 saturated heterocycles. The molecule has 2 aliphatic carbocycles. The first-order chi connectivity index (χ1) is 12.0. The predicted octanol–water partition coefficient (Wildman–Crippen LogP) is 4.25. The number of nitrogens with one attached hydrogen (secondary N) is 1. The molecule has 2 aliphatic rings. The van der Waals surface area contributed by atoms with E-state index < -0.39 is 0 Å². The van der Waals surface area contributed by atoms with Crippen molar-refractivity contribution in [1.29, 1.82) is 0 Å². The zero-order valence-electron chi connectivity index (χ0n) is 14.6. The van der Waals surface area contributed by atoms with E-state index in [1.54, 1.807) is 12.3 Å². The highest BCUT2D eigenvalue weighted by Crippen LogP contribution is 2.47. The fraction of sp³-hybridized carbons (Fsp3) is 0.550. The Morgan fingerprint density at radius 1 is 1.28 bits per heavy atom. The number of nitrogens with two attached hydrogens (primary N) is 1. The summed E-state index contributed by atoms with van der Waals surface area (Å²) in [4.78, 5) is 14.5. The highest BCUT2D eigenvalue weighted by molar-refractivity contribution is 6.32. The number of hydrogen-bond acceptors (Lipinski definition) is 3. The molecule has 1 unspecified atom stereocenters. The van der Waals surface area contributed by atoms with Gasteiger partial charge in [-0.1, -0.05) is 18.5 Å². The van der Waals surface area contributed by atoms with Crippen LogP contribution >= 0.6 is 11.6 Å². The van der Waals surface area contributed by atoms with Crippen LogP contribution in [-0.2, 0) is 0 Å². The quantitative estimate of drug-likeness (QED) is 0.856. The van der Waals surface area contributed by atoms with E-state index in [9.17, 15) is 4.79 Å². The van der Waals surface area contributed by atoms with Gasteiger partial charge in [0.05, 0.1) is 11.1 Å². The standard InChI is InChI=1S/C20H25ClN2O2/c1-20(18(22)12-2-3-12)7-4-14(5-8-20)25-17-10-13-6-9-23-19(24)15(13)11-16(17)21/h6,9-12,14,18H,2-5,7-8,22H2,1H3,(H,23,24). The van der Waals surface area contributed by atoms with E-state index in [4.69, 9.17) is 22.1 Å². The number of ether oxygens (including phenoxy) is 1. The smallest absolute Gasteiger partial charge is 0.255 e. The van der Waals surface area contributed by atoms with Crippen LogP contribution in [0, 0.1) is 11.3 Å². The van der Waals surface area contributed by atoms with Crippen LogP contribution in [0.15, 0.2) is 29.2 Å². The van der Waals surface area contributed by atoms with Crippen molar-refractivity contribution in [2.24, 2.45) is 17.1 Å². The molecule has 3 N–H and O–H groups in total. The Hall–Kier alpha value is -1.52. The molecule has 1 aromatic carbocycles. The highest BCUT2D eigenvalue weighted by Gasteiger charge is 2.43. The van der Waals surface area contributed by atoms with Gasteiger partial charge in [-0.05, 0) is 73.4 Å². The van der Waals surface area contributed by atoms with Crippen molar-refractivity contribution in [3.8, 4) is 5.75 Å². The summed E-state index contributed by atoms with van der Waals surface area (Å²) >= 11 is 6.35. The third-order valence-corrected chi connectivity index (χ3v) is 6.42. The molecule has 0 spiro atoms. The predicted molar refractivity (Wildman–Crippen MR) is 101 cm³/mol. The minimum Gasteiger partial charge on any atom is -0.489 e. The largest absolute Gasteiger partial charge is 0.489 e. The normalized spacial score (nSPS) is 28.0. The van der Waals surface area contributed by atoms with Crippen molar-refractivity contribution in [1.82, 2.24) is 4.98 Å². The van der Waals surface area contributed by atoms with E-state index in [-0.39, 0.29) is 17.1 Å². The molecule has 25 heavy (non-hydrogen) atoms. The van der Waals surface area contributed by atoms with E-state index in [0.29, 0.717) is 22.2 Å². The molecule has 1 heterocycles. The third-order valence-electron chi connectivity index (χ3n) is 6.13. The van der Waals surface area contributed by atoms with Gasteiger partial charge in [-0.3, -0.25) is 4.79 Å². The first kappa shape index (κ1) is 16.9. The summed E-state index contributed by atoms with van der Waals surface area (Å²) in [6.07, 6.45) is 8.59. The van der Waals surface area contributed by atoms with Gasteiger partial charge in [0.25, 0.3) is 5.56 Å². The summed E-state index contributed by atoms with van der Waals surface area (Å²) < 4.78 is 6.20. The number of halogens is 1. The lowest BCUT2D eigenvalue weighted by Crippen LogP contribution is -2.45. The maximum atomic E-state index is 11.9. The minimum atomic E-state index is -0.131. The number of aromatic amines is 1. The first-order valence-corrected chi connectivity index (χ1v) is 9.57. The highest BCUT2D eigenvalue weighted by atomic mass is 35.5. The van der Waals surface area contributed by atoms with Crippen molar-refractivity contribution in [2.45, 2.75) is 57.6 Å². The Morgan fingerprint density at radius 3 is 2.68 bits per heavy atom. The Kier molecular flexibility index (Phi) is 4.28. The van der Waals surface area contributed by atoms with Gasteiger partial charge in [0.15, 0.2) is 0 Å². The molecule has 2 aromatic rings. The van der Waals surface area contributed by atoms with Gasteiger partial charge in [-0.15, -0.1) is 0 Å². The van der Waals surface area contributed by atoms with Gasteiger partial charge in [0, 0.05) is 17.6 Å². The van der Waals surface area contributed by atoms with Crippen LogP contribution in [0.3, 0.4) is 0 Å². The Balaban J connectivity index is 1.47. The summed E-state index contributed by atoms with van der Waals surface area (Å²) in [5.74, 6) is 1.40. The molecule has 1 atom stereocenters. The lowest BCUT2D eigenvalue weighted by atomic mass is 9.68. The van der Waals surface area contributed by atoms with E-state index in [1.165, 1.54) is 12.8 Å². The third kappa shape index (κ3) is 3.30. The minimum absolute atomic E-state index is 0.131. The molecule has 0 bridgehead atoms. The molecule has 4 rings (SSSR count). The molecular weight excluding hydrogens is 336 g/mol. The Labute approximate surface area is 152 Å². The average molecular weight is 361 g/mol. The summed E-state index contributed by atoms with van der Waals surface area (Å²) in [5, 5.41) is 1.93. The number of benzene rings is 1. The molecule has 2 saturated carbocycles. The number of hydrogen-bond donors (Lipinski definition) is 2. The second kappa shape index (κ2) is 6.33. The first-order valence-electron chi connectivity index (χ1n) is 9.19. The van der Waals surface area contributed by atoms with Crippen LogP contribution in [0.4, 0.5) is 0 Å². The number of fused-ring (bicyclic) bond motifs is 1. The zero-order valence-corrected chi connectivity index (χ0v) is 15.3. The molecular formula is C20H25ClN2O2. The van der Waals surface area contributed by atoms with Gasteiger partial charge in [-0.25, -0.2) is 0 Å². The molecule has 0 aliphatic heterocycles. The molecule has 0 amide bonds. The van der Waals surface area contributed by atoms with Gasteiger partial charge in [0.2, 0.25) is 0 Å². The lowest BCUT2D eigenvalue weighted by molar-refractivity contribution is 0.0679. The van der Waals surface area contributed by atoms with E-state index in [2.05, 4.69) is 11.9 Å². The fourth-order valence-electron chi connectivity index (χ4n) is 4.18. The van der Waals surface area contributed by atoms with E-state index in [0.717, 1.165) is 37.0 Å². The molecule has 5 heteroatoms. The maximum Gasteiger partial charge on any atom is 0.255 e. The van der Waals surface area contributed by atoms with Crippen molar-refractivity contribution in [3.05, 3.63) is 39.8 Å². The van der Waals surface area contributed by atoms with E-state index >= 15 is 0 Å². The zero-order chi connectivity index (χ0) is 17.6. The molecule has 1 aromatic heterocycles. The molecule has 4 nitrogen and oxygen atoms in total. The van der Waals surface area contributed by atoms with Crippen LogP contribution in [0.5, 0.6) is 5.75 Å². The maximum absolute atomic E-state index is 11.9. The van der Waals surface area contributed by atoms with Gasteiger partial charge in [-0.2, -0.15) is 0 Å². The number of aromatic nitrogens is 1. The summed E-state index contributed by atoms with van der Waals surface area (Å²) in [6.45, 7) is 2.33. The molecule has 2 fully saturated rings. The summed E-state index contributed by atoms with van der Waals surface area (Å²) in [6, 6.07) is 5.76. The van der Waals surface area contributed by atoms with Crippen LogP contribution in [0.25, 0.3) is 10.8 Å². The number of H-pyrrole nitrogens is 1. The van der Waals surface area contributed by atoms with Crippen LogP contribution in [-0.4, -0.2) is 17.1 Å². The average Bonchev–Trinajstić information content (AvgIpc) is 3.43. The van der Waals surface area contributed by atoms with Gasteiger partial charge in [0.1, 0.15) is 5.75 Å². The molecule has 0 radical (unpaired) electrons. The molecule has 134 valence electrons. The van der Waals surface area contributed by atoms with Crippen LogP contribution < -0.4 is 16.0 Å². The summed E-state index contributed by atoms with van der Waals surface area (Å²) in [5.41, 5.74) is 6.60.